The Kier molecular flexibility index (Phi) is 5.92. The van der Waals surface area contributed by atoms with E-state index >= 15 is 0 Å². The van der Waals surface area contributed by atoms with Crippen LogP contribution in [0.3, 0.4) is 0 Å². The molecule has 0 bridgehead atoms. The summed E-state index contributed by atoms with van der Waals surface area (Å²) in [5.74, 6) is -2.43. The largest absolute Gasteiger partial charge is 0.480 e. The second-order valence-corrected chi connectivity index (χ2v) is 7.46. The van der Waals surface area contributed by atoms with Gasteiger partial charge in [-0.15, -0.1) is 0 Å². The summed E-state index contributed by atoms with van der Waals surface area (Å²) in [4.78, 5) is 24.6. The average molecular weight is 356 g/mol. The smallest absolute Gasteiger partial charge is 0.328 e. The van der Waals surface area contributed by atoms with E-state index in [0.29, 0.717) is 0 Å². The molecule has 2 rings (SSSR count). The molecule has 24 heavy (non-hydrogen) atoms. The van der Waals surface area contributed by atoms with Crippen LogP contribution in [-0.4, -0.2) is 55.2 Å². The van der Waals surface area contributed by atoms with E-state index in [2.05, 4.69) is 0 Å². The molecule has 2 atom stereocenters. The van der Waals surface area contributed by atoms with Gasteiger partial charge >= 0.3 is 5.97 Å². The number of sulfonamides is 1. The predicted octanol–water partition coefficient (Wildman–Crippen LogP) is -0.207. The van der Waals surface area contributed by atoms with Crippen LogP contribution in [0.1, 0.15) is 12.0 Å². The second-order valence-electron chi connectivity index (χ2n) is 5.80. The van der Waals surface area contributed by atoms with Gasteiger partial charge in [-0.1, -0.05) is 30.3 Å². The number of primary sulfonamides is 1. The molecule has 1 aliphatic rings. The first-order chi connectivity index (χ1) is 11.3. The molecular weight excluding hydrogens is 336 g/mol. The summed E-state index contributed by atoms with van der Waals surface area (Å²) >= 11 is 0. The number of carboxylic acid groups (broad SMARTS) is 1. The topological polar surface area (TPSA) is 127 Å². The molecule has 1 aromatic carbocycles. The number of carbonyl (C=O) groups is 2. The van der Waals surface area contributed by atoms with Gasteiger partial charge in [-0.3, -0.25) is 4.79 Å². The molecule has 1 saturated heterocycles. The molecule has 9 heteroatoms. The standard InChI is InChI=1S/C15H20N2O6S/c16-24(21,22)10-12-6-14(18)17(7-12)13(15(19)20)9-23-8-11-4-2-1-3-5-11/h1-5,12-13H,6-10H2,(H,19,20)(H2,16,21,22)/t12?,13-/m0/s1. The zero-order valence-electron chi connectivity index (χ0n) is 13.0. The van der Waals surface area contributed by atoms with Crippen molar-refractivity contribution in [2.75, 3.05) is 18.9 Å². The van der Waals surface area contributed by atoms with Crippen LogP contribution in [0.5, 0.6) is 0 Å². The van der Waals surface area contributed by atoms with Crippen molar-refractivity contribution in [2.45, 2.75) is 19.1 Å². The Labute approximate surface area is 140 Å². The van der Waals surface area contributed by atoms with Crippen LogP contribution in [0, 0.1) is 5.92 Å². The summed E-state index contributed by atoms with van der Waals surface area (Å²) in [6, 6.07) is 8.09. The van der Waals surface area contributed by atoms with E-state index in [1.807, 2.05) is 30.3 Å². The summed E-state index contributed by atoms with van der Waals surface area (Å²) in [5.41, 5.74) is 0.890. The van der Waals surface area contributed by atoms with Gasteiger partial charge in [0.25, 0.3) is 0 Å². The van der Waals surface area contributed by atoms with Crippen LogP contribution >= 0.6 is 0 Å². The molecular formula is C15H20N2O6S. The van der Waals surface area contributed by atoms with Gasteiger partial charge in [-0.05, 0) is 5.56 Å². The zero-order valence-corrected chi connectivity index (χ0v) is 13.8. The Morgan fingerprint density at radius 2 is 2.04 bits per heavy atom. The number of aliphatic carboxylic acids is 1. The maximum atomic E-state index is 12.0. The van der Waals surface area contributed by atoms with Crippen molar-refractivity contribution in [1.82, 2.24) is 4.90 Å². The van der Waals surface area contributed by atoms with Gasteiger partial charge in [-0.2, -0.15) is 0 Å². The first-order valence-electron chi connectivity index (χ1n) is 7.40. The minimum Gasteiger partial charge on any atom is -0.480 e. The van der Waals surface area contributed by atoms with E-state index in [4.69, 9.17) is 9.88 Å². The molecule has 1 amide bonds. The fraction of sp³-hybridized carbons (Fsp3) is 0.467. The van der Waals surface area contributed by atoms with Crippen LogP contribution in [-0.2, 0) is 31.0 Å². The quantitative estimate of drug-likeness (QED) is 0.664. The molecule has 1 aromatic rings. The SMILES string of the molecule is NS(=O)(=O)CC1CC(=O)N([C@@H](COCc2ccccc2)C(=O)O)C1. The van der Waals surface area contributed by atoms with E-state index in [0.717, 1.165) is 10.5 Å². The average Bonchev–Trinajstić information content (AvgIpc) is 2.82. The number of nitrogens with two attached hydrogens (primary N) is 1. The van der Waals surface area contributed by atoms with Crippen LogP contribution in [0.2, 0.25) is 0 Å². The van der Waals surface area contributed by atoms with Crippen molar-refractivity contribution in [1.29, 1.82) is 0 Å². The lowest BCUT2D eigenvalue weighted by atomic mass is 10.1. The number of carbonyl (C=O) groups excluding carboxylic acids is 1. The molecule has 132 valence electrons. The van der Waals surface area contributed by atoms with Crippen LogP contribution < -0.4 is 5.14 Å². The molecule has 1 fully saturated rings. The lowest BCUT2D eigenvalue weighted by Gasteiger charge is -2.24. The first-order valence-corrected chi connectivity index (χ1v) is 9.12. The molecule has 3 N–H and O–H groups in total. The van der Waals surface area contributed by atoms with Crippen LogP contribution in [0.25, 0.3) is 0 Å². The van der Waals surface area contributed by atoms with Gasteiger partial charge in [0.15, 0.2) is 6.04 Å². The second kappa shape index (κ2) is 7.73. The molecule has 0 radical (unpaired) electrons. The first kappa shape index (κ1) is 18.4. The summed E-state index contributed by atoms with van der Waals surface area (Å²) in [5, 5.41) is 14.3. The number of hydrogen-bond acceptors (Lipinski definition) is 5. The number of amides is 1. The van der Waals surface area contributed by atoms with Crippen molar-refractivity contribution in [3.63, 3.8) is 0 Å². The Bertz CT molecular complexity index is 691. The van der Waals surface area contributed by atoms with Gasteiger partial charge in [0.2, 0.25) is 15.9 Å². The van der Waals surface area contributed by atoms with E-state index < -0.39 is 33.9 Å². The third kappa shape index (κ3) is 5.29. The van der Waals surface area contributed by atoms with Gasteiger partial charge in [0, 0.05) is 18.9 Å². The maximum Gasteiger partial charge on any atom is 0.328 e. The molecule has 0 aliphatic carbocycles. The van der Waals surface area contributed by atoms with Crippen molar-refractivity contribution < 1.29 is 27.9 Å². The molecule has 0 spiro atoms. The molecule has 1 aliphatic heterocycles. The highest BCUT2D eigenvalue weighted by atomic mass is 32.2. The predicted molar refractivity (Wildman–Crippen MR) is 85.3 cm³/mol. The number of rotatable bonds is 8. The molecule has 0 saturated carbocycles. The van der Waals surface area contributed by atoms with Gasteiger partial charge in [-0.25, -0.2) is 18.4 Å². The van der Waals surface area contributed by atoms with E-state index in [1.54, 1.807) is 0 Å². The molecule has 0 aromatic heterocycles. The van der Waals surface area contributed by atoms with E-state index in [9.17, 15) is 23.1 Å². The normalized spacial score (nSPS) is 19.5. The Morgan fingerprint density at radius 1 is 1.38 bits per heavy atom. The fourth-order valence-electron chi connectivity index (χ4n) is 2.71. The van der Waals surface area contributed by atoms with Crippen LogP contribution in [0.4, 0.5) is 0 Å². The Morgan fingerprint density at radius 3 is 2.62 bits per heavy atom. The minimum absolute atomic E-state index is 0.0289. The Hall–Kier alpha value is -1.97. The lowest BCUT2D eigenvalue weighted by molar-refractivity contribution is -0.151. The highest BCUT2D eigenvalue weighted by molar-refractivity contribution is 7.89. The minimum atomic E-state index is -3.71. The number of hydrogen-bond donors (Lipinski definition) is 2. The van der Waals surface area contributed by atoms with Crippen molar-refractivity contribution in [3.8, 4) is 0 Å². The zero-order chi connectivity index (χ0) is 17.7. The van der Waals surface area contributed by atoms with E-state index in [-0.39, 0.29) is 31.9 Å². The summed E-state index contributed by atoms with van der Waals surface area (Å²) in [7, 11) is -3.71. The van der Waals surface area contributed by atoms with Crippen LogP contribution in [0.15, 0.2) is 30.3 Å². The number of benzene rings is 1. The van der Waals surface area contributed by atoms with Gasteiger partial charge in [0.05, 0.1) is 19.0 Å². The van der Waals surface area contributed by atoms with E-state index in [1.165, 1.54) is 0 Å². The number of likely N-dealkylation sites (tertiary alicyclic amines) is 1. The van der Waals surface area contributed by atoms with Crippen molar-refractivity contribution >= 4 is 21.9 Å². The summed E-state index contributed by atoms with van der Waals surface area (Å²) in [6.07, 6.45) is -0.0289. The fourth-order valence-corrected chi connectivity index (χ4v) is 3.59. The number of ether oxygens (including phenoxy) is 1. The van der Waals surface area contributed by atoms with Gasteiger partial charge < -0.3 is 14.7 Å². The maximum absolute atomic E-state index is 12.0. The summed E-state index contributed by atoms with van der Waals surface area (Å²) in [6.45, 7) is 0.103. The monoisotopic (exact) mass is 356 g/mol. The number of nitrogens with zero attached hydrogens (tertiary/aromatic N) is 1. The van der Waals surface area contributed by atoms with Gasteiger partial charge in [0.1, 0.15) is 0 Å². The van der Waals surface area contributed by atoms with Crippen molar-refractivity contribution in [3.05, 3.63) is 35.9 Å². The molecule has 1 heterocycles. The summed E-state index contributed by atoms with van der Waals surface area (Å²) < 4.78 is 27.7. The van der Waals surface area contributed by atoms with Crippen molar-refractivity contribution in [2.24, 2.45) is 11.1 Å². The highest BCUT2D eigenvalue weighted by Gasteiger charge is 2.39. The molecule has 1 unspecified atom stereocenters. The lowest BCUT2D eigenvalue weighted by Crippen LogP contribution is -2.45. The Balaban J connectivity index is 1.95. The third-order valence-corrected chi connectivity index (χ3v) is 4.69. The molecule has 8 nitrogen and oxygen atoms in total. The number of carboxylic acids is 1. The third-order valence-electron chi connectivity index (χ3n) is 3.76. The highest BCUT2D eigenvalue weighted by Crippen LogP contribution is 2.22.